The topological polar surface area (TPSA) is 70.4 Å². The first-order chi connectivity index (χ1) is 6.45. The summed E-state index contributed by atoms with van der Waals surface area (Å²) in [5.41, 5.74) is 0. The molecule has 1 amide bonds. The Kier molecular flexibility index (Phi) is 22.8. The molecule has 5 heteroatoms. The molecule has 82 valence electrons. The van der Waals surface area contributed by atoms with E-state index in [0.29, 0.717) is 6.61 Å². The smallest absolute Gasteiger partial charge is 0.302 e. The van der Waals surface area contributed by atoms with Crippen LogP contribution >= 0.6 is 0 Å². The van der Waals surface area contributed by atoms with Crippen LogP contribution in [0.1, 0.15) is 20.8 Å². The lowest BCUT2D eigenvalue weighted by molar-refractivity contribution is -0.140. The summed E-state index contributed by atoms with van der Waals surface area (Å²) in [4.78, 5) is 20.7. The van der Waals surface area contributed by atoms with Crippen LogP contribution in [0.25, 0.3) is 0 Å². The quantitative estimate of drug-likeness (QED) is 0.490. The van der Waals surface area contributed by atoms with Gasteiger partial charge in [-0.25, -0.2) is 0 Å². The number of carbonyl (C=O) groups is 2. The maximum atomic E-state index is 9.82. The third kappa shape index (κ3) is 78.8. The van der Waals surface area contributed by atoms with Crippen LogP contribution in [-0.2, 0) is 14.3 Å². The molecular formula is C9H18N2O3. The molecule has 14 heavy (non-hydrogen) atoms. The number of rotatable bonds is 2. The van der Waals surface area contributed by atoms with Crippen molar-refractivity contribution in [1.29, 1.82) is 5.26 Å². The molecule has 0 aliphatic heterocycles. The highest BCUT2D eigenvalue weighted by Gasteiger charge is 1.81. The molecular weight excluding hydrogens is 184 g/mol. The largest absolute Gasteiger partial charge is 0.466 e. The first-order valence-electron chi connectivity index (χ1n) is 4.02. The van der Waals surface area contributed by atoms with Crippen molar-refractivity contribution in [3.8, 4) is 6.07 Å². The van der Waals surface area contributed by atoms with Crippen molar-refractivity contribution in [2.75, 3.05) is 20.7 Å². The van der Waals surface area contributed by atoms with Gasteiger partial charge in [-0.15, -0.1) is 0 Å². The van der Waals surface area contributed by atoms with Crippen LogP contribution in [0.2, 0.25) is 0 Å². The third-order valence-electron chi connectivity index (χ3n) is 0.558. The average Bonchev–Trinajstić information content (AvgIpc) is 2.06. The van der Waals surface area contributed by atoms with E-state index < -0.39 is 0 Å². The molecule has 0 aromatic heterocycles. The fourth-order valence-electron chi connectivity index (χ4n) is 0.203. The average molecular weight is 202 g/mol. The zero-order valence-electron chi connectivity index (χ0n) is 9.40. The molecule has 0 bridgehead atoms. The van der Waals surface area contributed by atoms with Gasteiger partial charge in [-0.2, -0.15) is 5.26 Å². The lowest BCUT2D eigenvalue weighted by atomic mass is 10.8. The van der Waals surface area contributed by atoms with E-state index in [-0.39, 0.29) is 5.97 Å². The Labute approximate surface area is 85.3 Å². The number of hydrogen-bond donors (Lipinski definition) is 0. The molecule has 0 aliphatic carbocycles. The number of ether oxygens (including phenoxy) is 1. The molecule has 0 radical (unpaired) electrons. The lowest BCUT2D eigenvalue weighted by Gasteiger charge is -1.93. The first-order valence-corrected chi connectivity index (χ1v) is 4.02. The molecule has 0 aliphatic rings. The molecule has 0 atom stereocenters. The molecule has 5 nitrogen and oxygen atoms in total. The highest BCUT2D eigenvalue weighted by Crippen LogP contribution is 1.69. The van der Waals surface area contributed by atoms with Gasteiger partial charge < -0.3 is 9.64 Å². The van der Waals surface area contributed by atoms with E-state index in [1.165, 1.54) is 18.7 Å². The van der Waals surface area contributed by atoms with Gasteiger partial charge in [0, 0.05) is 27.9 Å². The third-order valence-corrected chi connectivity index (χ3v) is 0.558. The van der Waals surface area contributed by atoms with Crippen LogP contribution in [0.4, 0.5) is 0 Å². The van der Waals surface area contributed by atoms with Gasteiger partial charge in [0.1, 0.15) is 0 Å². The van der Waals surface area contributed by atoms with Crippen molar-refractivity contribution in [3.05, 3.63) is 0 Å². The van der Waals surface area contributed by atoms with Crippen LogP contribution in [0, 0.1) is 11.3 Å². The van der Waals surface area contributed by atoms with Crippen molar-refractivity contribution < 1.29 is 14.3 Å². The molecule has 0 rings (SSSR count). The van der Waals surface area contributed by atoms with Crippen LogP contribution < -0.4 is 0 Å². The summed E-state index contributed by atoms with van der Waals surface area (Å²) in [6.07, 6.45) is 0.750. The molecule has 0 aromatic carbocycles. The van der Waals surface area contributed by atoms with E-state index in [0.717, 1.165) is 6.41 Å². The Morgan fingerprint density at radius 2 is 1.86 bits per heavy atom. The summed E-state index contributed by atoms with van der Waals surface area (Å²) in [6, 6.07) is 1.75. The molecule has 0 saturated carbocycles. The SMILES string of the molecule is CC#N.CCOC(C)=O.CN(C)C=O. The summed E-state index contributed by atoms with van der Waals surface area (Å²) in [5, 5.41) is 7.32. The number of nitriles is 1. The summed E-state index contributed by atoms with van der Waals surface area (Å²) >= 11 is 0. The molecule has 0 heterocycles. The minimum Gasteiger partial charge on any atom is -0.466 e. The number of esters is 1. The minimum absolute atomic E-state index is 0.211. The van der Waals surface area contributed by atoms with E-state index >= 15 is 0 Å². The second-order valence-electron chi connectivity index (χ2n) is 2.22. The predicted molar refractivity (Wildman–Crippen MR) is 53.3 cm³/mol. The van der Waals surface area contributed by atoms with E-state index in [1.807, 2.05) is 0 Å². The van der Waals surface area contributed by atoms with Gasteiger partial charge in [0.05, 0.1) is 12.7 Å². The minimum atomic E-state index is -0.211. The highest BCUT2D eigenvalue weighted by atomic mass is 16.5. The molecule has 0 unspecified atom stereocenters. The lowest BCUT2D eigenvalue weighted by Crippen LogP contribution is -2.06. The first kappa shape index (κ1) is 18.3. The Morgan fingerprint density at radius 1 is 1.57 bits per heavy atom. The highest BCUT2D eigenvalue weighted by molar-refractivity contribution is 5.65. The number of nitrogens with zero attached hydrogens (tertiary/aromatic N) is 2. The van der Waals surface area contributed by atoms with Gasteiger partial charge in [0.25, 0.3) is 0 Å². The summed E-state index contributed by atoms with van der Waals surface area (Å²) in [6.45, 7) is 5.08. The summed E-state index contributed by atoms with van der Waals surface area (Å²) in [7, 11) is 3.38. The van der Waals surface area contributed by atoms with Crippen molar-refractivity contribution in [2.24, 2.45) is 0 Å². The van der Waals surface area contributed by atoms with E-state index in [2.05, 4.69) is 4.74 Å². The summed E-state index contributed by atoms with van der Waals surface area (Å²) in [5.74, 6) is -0.211. The van der Waals surface area contributed by atoms with Crippen molar-refractivity contribution in [1.82, 2.24) is 4.90 Å². The Hall–Kier alpha value is -1.57. The Bertz CT molecular complexity index is 173. The molecule has 0 aromatic rings. The van der Waals surface area contributed by atoms with Gasteiger partial charge in [-0.3, -0.25) is 9.59 Å². The van der Waals surface area contributed by atoms with Crippen molar-refractivity contribution >= 4 is 12.4 Å². The zero-order valence-corrected chi connectivity index (χ0v) is 9.40. The van der Waals surface area contributed by atoms with Crippen molar-refractivity contribution in [2.45, 2.75) is 20.8 Å². The van der Waals surface area contributed by atoms with E-state index in [4.69, 9.17) is 5.26 Å². The van der Waals surface area contributed by atoms with Crippen LogP contribution in [0.15, 0.2) is 0 Å². The Morgan fingerprint density at radius 3 is 1.86 bits per heavy atom. The standard InChI is InChI=1S/C4H8O2.C3H7NO.C2H3N/c1-3-6-4(2)5;1-4(2)3-5;1-2-3/h3H2,1-2H3;3H,1-2H3;1H3. The number of hydrogen-bond acceptors (Lipinski definition) is 4. The second kappa shape index (κ2) is 17.5. The predicted octanol–water partition coefficient (Wildman–Crippen LogP) is 0.804. The molecule has 0 fully saturated rings. The molecule has 0 saturated heterocycles. The van der Waals surface area contributed by atoms with Gasteiger partial charge in [0.2, 0.25) is 6.41 Å². The van der Waals surface area contributed by atoms with Gasteiger partial charge in [-0.1, -0.05) is 0 Å². The maximum absolute atomic E-state index is 9.82. The summed E-state index contributed by atoms with van der Waals surface area (Å²) < 4.78 is 4.40. The van der Waals surface area contributed by atoms with Crippen LogP contribution in [-0.4, -0.2) is 38.0 Å². The number of carbonyl (C=O) groups excluding carboxylic acids is 2. The Balaban J connectivity index is -0.000000138. The van der Waals surface area contributed by atoms with Crippen LogP contribution in [0.5, 0.6) is 0 Å². The fraction of sp³-hybridized carbons (Fsp3) is 0.667. The number of amides is 1. The zero-order chi connectivity index (χ0) is 12.0. The maximum Gasteiger partial charge on any atom is 0.302 e. The van der Waals surface area contributed by atoms with Gasteiger partial charge in [0.15, 0.2) is 0 Å². The van der Waals surface area contributed by atoms with Gasteiger partial charge >= 0.3 is 5.97 Å². The molecule has 0 spiro atoms. The van der Waals surface area contributed by atoms with Crippen LogP contribution in [0.3, 0.4) is 0 Å². The second-order valence-corrected chi connectivity index (χ2v) is 2.22. The van der Waals surface area contributed by atoms with E-state index in [1.54, 1.807) is 27.1 Å². The van der Waals surface area contributed by atoms with E-state index in [9.17, 15) is 9.59 Å². The van der Waals surface area contributed by atoms with Crippen molar-refractivity contribution in [3.63, 3.8) is 0 Å². The normalized spacial score (nSPS) is 6.29. The fourth-order valence-corrected chi connectivity index (χ4v) is 0.203. The van der Waals surface area contributed by atoms with Gasteiger partial charge in [-0.05, 0) is 6.92 Å². The monoisotopic (exact) mass is 202 g/mol. The molecule has 0 N–H and O–H groups in total.